The first-order chi connectivity index (χ1) is 7.79. The molecule has 0 spiro atoms. The average molecular weight is 222 g/mol. The standard InChI is InChI=1S/C14H22O2/c1-13-11-9-7-5-3-2-4-6-8-10-12-14(15)16-13/h3-6,13H,2,7-12H2,1H3/b5-3-,6-4-/t13-/m1/s1. The number of allylic oxidation sites excluding steroid dienone is 4. The van der Waals surface area contributed by atoms with Crippen LogP contribution in [0.4, 0.5) is 0 Å². The van der Waals surface area contributed by atoms with Crippen molar-refractivity contribution in [2.75, 3.05) is 0 Å². The number of ether oxygens (including phenoxy) is 1. The van der Waals surface area contributed by atoms with Crippen LogP contribution in [0.15, 0.2) is 24.3 Å². The Morgan fingerprint density at radius 3 is 2.56 bits per heavy atom. The summed E-state index contributed by atoms with van der Waals surface area (Å²) in [5, 5.41) is 0. The van der Waals surface area contributed by atoms with E-state index in [0.29, 0.717) is 6.42 Å². The Labute approximate surface area is 98.4 Å². The zero-order valence-electron chi connectivity index (χ0n) is 10.2. The van der Waals surface area contributed by atoms with E-state index in [1.54, 1.807) is 0 Å². The number of carbonyl (C=O) groups is 1. The van der Waals surface area contributed by atoms with E-state index in [1.807, 2.05) is 6.92 Å². The van der Waals surface area contributed by atoms with Crippen molar-refractivity contribution in [1.82, 2.24) is 0 Å². The lowest BCUT2D eigenvalue weighted by molar-refractivity contribution is -0.148. The molecule has 0 amide bonds. The molecule has 0 bridgehead atoms. The lowest BCUT2D eigenvalue weighted by Crippen LogP contribution is -2.14. The molecule has 1 rings (SSSR count). The predicted molar refractivity (Wildman–Crippen MR) is 66.2 cm³/mol. The third-order valence-corrected chi connectivity index (χ3v) is 2.67. The summed E-state index contributed by atoms with van der Waals surface area (Å²) < 4.78 is 5.31. The Kier molecular flexibility index (Phi) is 6.62. The second kappa shape index (κ2) is 8.14. The second-order valence-corrected chi connectivity index (χ2v) is 4.30. The molecule has 0 aliphatic carbocycles. The summed E-state index contributed by atoms with van der Waals surface area (Å²) in [6.07, 6.45) is 15.4. The lowest BCUT2D eigenvalue weighted by Gasteiger charge is -2.12. The monoisotopic (exact) mass is 222 g/mol. The first-order valence-electron chi connectivity index (χ1n) is 6.28. The summed E-state index contributed by atoms with van der Waals surface area (Å²) in [7, 11) is 0. The van der Waals surface area contributed by atoms with Crippen molar-refractivity contribution >= 4 is 5.97 Å². The fraction of sp³-hybridized carbons (Fsp3) is 0.643. The van der Waals surface area contributed by atoms with Crippen LogP contribution in [-0.2, 0) is 9.53 Å². The summed E-state index contributed by atoms with van der Waals surface area (Å²) >= 11 is 0. The largest absolute Gasteiger partial charge is 0.463 e. The summed E-state index contributed by atoms with van der Waals surface area (Å²) in [6.45, 7) is 1.98. The molecular weight excluding hydrogens is 200 g/mol. The Morgan fingerprint density at radius 1 is 1.12 bits per heavy atom. The van der Waals surface area contributed by atoms with Gasteiger partial charge in [-0.2, -0.15) is 0 Å². The first-order valence-corrected chi connectivity index (χ1v) is 6.28. The molecule has 1 atom stereocenters. The van der Waals surface area contributed by atoms with Crippen LogP contribution in [0.5, 0.6) is 0 Å². The molecule has 1 aliphatic heterocycles. The van der Waals surface area contributed by atoms with Crippen molar-refractivity contribution in [3.05, 3.63) is 24.3 Å². The molecule has 0 N–H and O–H groups in total. The lowest BCUT2D eigenvalue weighted by atomic mass is 10.1. The van der Waals surface area contributed by atoms with Gasteiger partial charge in [-0.05, 0) is 45.4 Å². The maximum absolute atomic E-state index is 11.4. The Morgan fingerprint density at radius 2 is 1.81 bits per heavy atom. The molecule has 0 aromatic rings. The van der Waals surface area contributed by atoms with Gasteiger partial charge in [-0.1, -0.05) is 24.3 Å². The van der Waals surface area contributed by atoms with Gasteiger partial charge in [0, 0.05) is 6.42 Å². The zero-order chi connectivity index (χ0) is 11.6. The van der Waals surface area contributed by atoms with Gasteiger partial charge in [0.2, 0.25) is 0 Å². The van der Waals surface area contributed by atoms with Crippen LogP contribution in [0.2, 0.25) is 0 Å². The molecule has 0 saturated carbocycles. The SMILES string of the molecule is C[C@@H]1CCC/C=C\C/C=C\CCCC(=O)O1. The van der Waals surface area contributed by atoms with Crippen molar-refractivity contribution < 1.29 is 9.53 Å². The van der Waals surface area contributed by atoms with E-state index in [9.17, 15) is 4.79 Å². The van der Waals surface area contributed by atoms with E-state index >= 15 is 0 Å². The molecule has 0 unspecified atom stereocenters. The van der Waals surface area contributed by atoms with Gasteiger partial charge < -0.3 is 4.74 Å². The number of carbonyl (C=O) groups excluding carboxylic acids is 1. The Balaban J connectivity index is 2.38. The Hall–Kier alpha value is -1.05. The quantitative estimate of drug-likeness (QED) is 0.460. The summed E-state index contributed by atoms with van der Waals surface area (Å²) in [4.78, 5) is 11.4. The van der Waals surface area contributed by atoms with Crippen molar-refractivity contribution in [3.63, 3.8) is 0 Å². The molecule has 0 saturated heterocycles. The molecule has 90 valence electrons. The number of rotatable bonds is 0. The molecule has 16 heavy (non-hydrogen) atoms. The van der Waals surface area contributed by atoms with Gasteiger partial charge in [0.1, 0.15) is 0 Å². The molecule has 0 aromatic heterocycles. The normalized spacial score (nSPS) is 28.8. The minimum absolute atomic E-state index is 0.0477. The first kappa shape index (κ1) is 13.0. The van der Waals surface area contributed by atoms with E-state index < -0.39 is 0 Å². The summed E-state index contributed by atoms with van der Waals surface area (Å²) in [6, 6.07) is 0. The molecule has 1 heterocycles. The van der Waals surface area contributed by atoms with E-state index in [4.69, 9.17) is 4.74 Å². The van der Waals surface area contributed by atoms with Gasteiger partial charge >= 0.3 is 5.97 Å². The van der Waals surface area contributed by atoms with E-state index in [0.717, 1.165) is 38.5 Å². The third-order valence-electron chi connectivity index (χ3n) is 2.67. The van der Waals surface area contributed by atoms with Gasteiger partial charge in [-0.15, -0.1) is 0 Å². The molecule has 1 aliphatic rings. The highest BCUT2D eigenvalue weighted by atomic mass is 16.5. The van der Waals surface area contributed by atoms with Crippen LogP contribution in [0.3, 0.4) is 0 Å². The highest BCUT2D eigenvalue weighted by molar-refractivity contribution is 5.69. The number of cyclic esters (lactones) is 1. The van der Waals surface area contributed by atoms with Gasteiger partial charge in [-0.3, -0.25) is 4.79 Å². The van der Waals surface area contributed by atoms with Crippen LogP contribution >= 0.6 is 0 Å². The van der Waals surface area contributed by atoms with Crippen LogP contribution in [-0.4, -0.2) is 12.1 Å². The van der Waals surface area contributed by atoms with E-state index in [2.05, 4.69) is 24.3 Å². The minimum atomic E-state index is -0.0477. The van der Waals surface area contributed by atoms with Gasteiger partial charge in [0.25, 0.3) is 0 Å². The predicted octanol–water partition coefficient (Wildman–Crippen LogP) is 3.77. The van der Waals surface area contributed by atoms with E-state index in [-0.39, 0.29) is 12.1 Å². The van der Waals surface area contributed by atoms with E-state index in [1.165, 1.54) is 0 Å². The van der Waals surface area contributed by atoms with Gasteiger partial charge in [0.05, 0.1) is 6.10 Å². The van der Waals surface area contributed by atoms with Gasteiger partial charge in [0.15, 0.2) is 0 Å². The van der Waals surface area contributed by atoms with Crippen molar-refractivity contribution in [2.24, 2.45) is 0 Å². The second-order valence-electron chi connectivity index (χ2n) is 4.30. The van der Waals surface area contributed by atoms with Gasteiger partial charge in [-0.25, -0.2) is 0 Å². The smallest absolute Gasteiger partial charge is 0.306 e. The molecule has 2 nitrogen and oxygen atoms in total. The van der Waals surface area contributed by atoms with Crippen LogP contribution in [0.1, 0.15) is 51.9 Å². The number of hydrogen-bond donors (Lipinski definition) is 0. The highest BCUT2D eigenvalue weighted by Crippen LogP contribution is 2.09. The maximum atomic E-state index is 11.4. The molecule has 0 aromatic carbocycles. The number of esters is 1. The molecule has 0 fully saturated rings. The third kappa shape index (κ3) is 6.44. The van der Waals surface area contributed by atoms with Crippen LogP contribution in [0.25, 0.3) is 0 Å². The van der Waals surface area contributed by atoms with Crippen molar-refractivity contribution in [3.8, 4) is 0 Å². The Bertz CT molecular complexity index is 253. The minimum Gasteiger partial charge on any atom is -0.463 e. The zero-order valence-corrected chi connectivity index (χ0v) is 10.2. The molecule has 2 heteroatoms. The van der Waals surface area contributed by atoms with Crippen molar-refractivity contribution in [2.45, 2.75) is 58.0 Å². The maximum Gasteiger partial charge on any atom is 0.306 e. The summed E-state index contributed by atoms with van der Waals surface area (Å²) in [5.74, 6) is -0.0477. The number of hydrogen-bond acceptors (Lipinski definition) is 2. The molecule has 0 radical (unpaired) electrons. The molecular formula is C14H22O2. The fourth-order valence-electron chi connectivity index (χ4n) is 1.74. The van der Waals surface area contributed by atoms with Crippen molar-refractivity contribution in [1.29, 1.82) is 0 Å². The highest BCUT2D eigenvalue weighted by Gasteiger charge is 2.08. The topological polar surface area (TPSA) is 26.3 Å². The van der Waals surface area contributed by atoms with Crippen LogP contribution in [0, 0.1) is 0 Å². The van der Waals surface area contributed by atoms with Crippen LogP contribution < -0.4 is 0 Å². The average Bonchev–Trinajstić information content (AvgIpc) is 2.25. The fourth-order valence-corrected chi connectivity index (χ4v) is 1.74. The summed E-state index contributed by atoms with van der Waals surface area (Å²) in [5.41, 5.74) is 0.